The first-order chi connectivity index (χ1) is 5.93. The molecule has 0 rings (SSSR count). The summed E-state index contributed by atoms with van der Waals surface area (Å²) in [5.41, 5.74) is 0. The van der Waals surface area contributed by atoms with E-state index in [-0.39, 0.29) is 5.16 Å². The minimum absolute atomic E-state index is 0.260. The highest BCUT2D eigenvalue weighted by Crippen LogP contribution is 2.43. The molecule has 0 N–H and O–H groups in total. The number of rotatable bonds is 5. The summed E-state index contributed by atoms with van der Waals surface area (Å²) in [7, 11) is -1.49. The van der Waals surface area contributed by atoms with Crippen LogP contribution in [0, 0.1) is 0 Å². The Morgan fingerprint density at radius 3 is 1.77 bits per heavy atom. The summed E-state index contributed by atoms with van der Waals surface area (Å²) in [6.45, 7) is 10.6. The molecule has 0 heterocycles. The largest absolute Gasteiger partial charge is 0.344 e. The summed E-state index contributed by atoms with van der Waals surface area (Å²) in [6, 6.07) is -0.551. The van der Waals surface area contributed by atoms with Crippen LogP contribution < -0.4 is 0 Å². The molecule has 0 saturated heterocycles. The fraction of sp³-hybridized carbons (Fsp3) is 1.00. The zero-order valence-electron chi connectivity index (χ0n) is 9.16. The number of hydrogen-bond acceptors (Lipinski definition) is 3. The Balaban J connectivity index is 4.27. The fourth-order valence-electron chi connectivity index (χ4n) is 0.785. The highest BCUT2D eigenvalue weighted by molar-refractivity contribution is 7.46. The van der Waals surface area contributed by atoms with Crippen molar-refractivity contribution in [1.29, 1.82) is 0 Å². The molecule has 0 spiro atoms. The summed E-state index contributed by atoms with van der Waals surface area (Å²) >= 11 is 0. The molecule has 1 radical (unpaired) electrons. The van der Waals surface area contributed by atoms with Gasteiger partial charge in [-0.3, -0.25) is 4.57 Å². The number of hydrogen-bond donors (Lipinski definition) is 0. The number of ether oxygens (including phenoxy) is 2. The van der Waals surface area contributed by atoms with E-state index >= 15 is 0 Å². The lowest BCUT2D eigenvalue weighted by atomic mass is 10.3. The van der Waals surface area contributed by atoms with Crippen LogP contribution in [0.15, 0.2) is 0 Å². The third-order valence-electron chi connectivity index (χ3n) is 1.47. The van der Waals surface area contributed by atoms with Crippen LogP contribution in [0.5, 0.6) is 0 Å². The Morgan fingerprint density at radius 1 is 1.15 bits per heavy atom. The van der Waals surface area contributed by atoms with E-state index < -0.39 is 13.8 Å². The predicted octanol–water partition coefficient (Wildman–Crippen LogP) is 2.97. The molecule has 79 valence electrons. The zero-order chi connectivity index (χ0) is 10.5. The van der Waals surface area contributed by atoms with Crippen LogP contribution in [-0.4, -0.2) is 24.4 Å². The molecule has 0 aromatic heterocycles. The van der Waals surface area contributed by atoms with E-state index in [2.05, 4.69) is 0 Å². The molecule has 1 unspecified atom stereocenters. The van der Waals surface area contributed by atoms with Gasteiger partial charge in [0.05, 0.1) is 0 Å². The van der Waals surface area contributed by atoms with Crippen LogP contribution in [0.2, 0.25) is 0 Å². The lowest BCUT2D eigenvalue weighted by Gasteiger charge is -2.24. The molecular weight excluding hydrogens is 187 g/mol. The lowest BCUT2D eigenvalue weighted by molar-refractivity contribution is -0.0806. The van der Waals surface area contributed by atoms with Crippen LogP contribution in [0.25, 0.3) is 0 Å². The summed E-state index contributed by atoms with van der Waals surface area (Å²) in [5, 5.41) is -0.260. The van der Waals surface area contributed by atoms with Crippen molar-refractivity contribution in [2.75, 3.05) is 13.2 Å². The van der Waals surface area contributed by atoms with Crippen LogP contribution in [-0.2, 0) is 14.0 Å². The normalized spacial score (nSPS) is 13.5. The van der Waals surface area contributed by atoms with E-state index in [0.717, 1.165) is 0 Å². The average Bonchev–Trinajstić information content (AvgIpc) is 2.01. The quantitative estimate of drug-likeness (QED) is 0.513. The van der Waals surface area contributed by atoms with Gasteiger partial charge in [0.1, 0.15) is 7.80 Å². The first kappa shape index (κ1) is 13.0. The van der Waals surface area contributed by atoms with Gasteiger partial charge in [-0.25, -0.2) is 0 Å². The first-order valence-electron chi connectivity index (χ1n) is 4.63. The smallest absolute Gasteiger partial charge is 0.230 e. The van der Waals surface area contributed by atoms with Crippen molar-refractivity contribution in [3.63, 3.8) is 0 Å². The van der Waals surface area contributed by atoms with Crippen molar-refractivity contribution in [2.45, 2.75) is 45.8 Å². The van der Waals surface area contributed by atoms with Gasteiger partial charge in [-0.05, 0) is 34.6 Å². The Labute approximate surface area is 81.6 Å². The Kier molecular flexibility index (Phi) is 5.70. The van der Waals surface area contributed by atoms with E-state index in [9.17, 15) is 4.57 Å². The van der Waals surface area contributed by atoms with E-state index in [0.29, 0.717) is 13.2 Å². The Morgan fingerprint density at radius 2 is 1.54 bits per heavy atom. The molecular formula is C9H20O3P. The molecule has 0 bridgehead atoms. The zero-order valence-corrected chi connectivity index (χ0v) is 10.1. The topological polar surface area (TPSA) is 35.5 Å². The molecule has 0 saturated carbocycles. The van der Waals surface area contributed by atoms with Gasteiger partial charge in [0.2, 0.25) is 6.03 Å². The van der Waals surface area contributed by atoms with E-state index in [1.165, 1.54) is 0 Å². The highest BCUT2D eigenvalue weighted by Gasteiger charge is 2.29. The second-order valence-electron chi connectivity index (χ2n) is 3.71. The van der Waals surface area contributed by atoms with Gasteiger partial charge >= 0.3 is 0 Å². The highest BCUT2D eigenvalue weighted by atomic mass is 31.1. The fourth-order valence-corrected chi connectivity index (χ4v) is 1.99. The van der Waals surface area contributed by atoms with Gasteiger partial charge < -0.3 is 9.47 Å². The second-order valence-corrected chi connectivity index (χ2v) is 6.13. The predicted molar refractivity (Wildman–Crippen MR) is 54.4 cm³/mol. The maximum atomic E-state index is 11.8. The van der Waals surface area contributed by atoms with Crippen molar-refractivity contribution < 1.29 is 14.0 Å². The van der Waals surface area contributed by atoms with Gasteiger partial charge in [-0.1, -0.05) is 0 Å². The van der Waals surface area contributed by atoms with Crippen LogP contribution in [0.1, 0.15) is 34.6 Å². The molecule has 3 nitrogen and oxygen atoms in total. The molecule has 0 amide bonds. The third-order valence-corrected chi connectivity index (χ3v) is 3.47. The molecule has 4 heteroatoms. The molecule has 0 fully saturated rings. The molecule has 0 aromatic rings. The third kappa shape index (κ3) is 4.70. The Bertz CT molecular complexity index is 157. The summed E-state index contributed by atoms with van der Waals surface area (Å²) in [4.78, 5) is 0. The summed E-state index contributed by atoms with van der Waals surface area (Å²) < 4.78 is 22.4. The van der Waals surface area contributed by atoms with Gasteiger partial charge in [0.25, 0.3) is 0 Å². The summed E-state index contributed by atoms with van der Waals surface area (Å²) in [5.74, 6) is 0. The van der Waals surface area contributed by atoms with Crippen molar-refractivity contribution in [1.82, 2.24) is 0 Å². The van der Waals surface area contributed by atoms with Crippen LogP contribution in [0.4, 0.5) is 0 Å². The van der Waals surface area contributed by atoms with Gasteiger partial charge in [0, 0.05) is 18.4 Å². The van der Waals surface area contributed by atoms with Gasteiger partial charge in [-0.2, -0.15) is 0 Å². The molecule has 0 aliphatic carbocycles. The maximum absolute atomic E-state index is 11.8. The lowest BCUT2D eigenvalue weighted by Crippen LogP contribution is -2.21. The first-order valence-corrected chi connectivity index (χ1v) is 5.96. The SMILES string of the molecule is CCOC(OCC)[P](=O)C(C)(C)C. The maximum Gasteiger partial charge on any atom is 0.230 e. The molecule has 0 aromatic carbocycles. The monoisotopic (exact) mass is 207 g/mol. The van der Waals surface area contributed by atoms with Crippen molar-refractivity contribution in [3.05, 3.63) is 0 Å². The standard InChI is InChI=1S/C9H20O3P/c1-6-11-8(12-7-2)13(10)9(3,4)5/h8H,6-7H2,1-5H3. The molecule has 0 aliphatic heterocycles. The average molecular weight is 207 g/mol. The van der Waals surface area contributed by atoms with E-state index in [1.807, 2.05) is 34.6 Å². The van der Waals surface area contributed by atoms with Crippen molar-refractivity contribution in [3.8, 4) is 0 Å². The second kappa shape index (κ2) is 5.69. The molecule has 1 atom stereocenters. The minimum atomic E-state index is -1.49. The summed E-state index contributed by atoms with van der Waals surface area (Å²) in [6.07, 6.45) is 0. The van der Waals surface area contributed by atoms with E-state index in [1.54, 1.807) is 0 Å². The molecule has 0 aliphatic rings. The minimum Gasteiger partial charge on any atom is -0.344 e. The van der Waals surface area contributed by atoms with Crippen LogP contribution in [0.3, 0.4) is 0 Å². The van der Waals surface area contributed by atoms with Gasteiger partial charge in [-0.15, -0.1) is 0 Å². The Hall–Kier alpha value is 0.0200. The van der Waals surface area contributed by atoms with Gasteiger partial charge in [0.15, 0.2) is 0 Å². The van der Waals surface area contributed by atoms with Crippen molar-refractivity contribution >= 4 is 7.80 Å². The molecule has 13 heavy (non-hydrogen) atoms. The van der Waals surface area contributed by atoms with Crippen LogP contribution >= 0.6 is 7.80 Å². The van der Waals surface area contributed by atoms with E-state index in [4.69, 9.17) is 9.47 Å². The van der Waals surface area contributed by atoms with Crippen molar-refractivity contribution in [2.24, 2.45) is 0 Å².